The van der Waals surface area contributed by atoms with Crippen LogP contribution < -0.4 is 0 Å². The number of nitrogens with zero attached hydrogens (tertiary/aromatic N) is 3. The fourth-order valence-corrected chi connectivity index (χ4v) is 3.32. The summed E-state index contributed by atoms with van der Waals surface area (Å²) in [6.07, 6.45) is 0.760. The molecular formula is C17H19ClFN3O. The Labute approximate surface area is 139 Å². The van der Waals surface area contributed by atoms with E-state index in [1.165, 1.54) is 23.9 Å². The summed E-state index contributed by atoms with van der Waals surface area (Å²) in [6.45, 7) is 5.28. The summed E-state index contributed by atoms with van der Waals surface area (Å²) in [6, 6.07) is 3.86. The molecule has 6 heteroatoms. The molecule has 0 N–H and O–H groups in total. The summed E-state index contributed by atoms with van der Waals surface area (Å²) in [7, 11) is 2.02. The monoisotopic (exact) mass is 335 g/mol. The topological polar surface area (TPSA) is 38.1 Å². The Balaban J connectivity index is 1.87. The molecule has 0 bridgehead atoms. The minimum atomic E-state index is -0.446. The van der Waals surface area contributed by atoms with Gasteiger partial charge in [0.15, 0.2) is 0 Å². The van der Waals surface area contributed by atoms with E-state index in [4.69, 9.17) is 11.6 Å². The van der Waals surface area contributed by atoms with Gasteiger partial charge in [-0.15, -0.1) is 0 Å². The van der Waals surface area contributed by atoms with Crippen molar-refractivity contribution in [3.05, 3.63) is 51.8 Å². The Kier molecular flexibility index (Phi) is 4.15. The molecule has 1 aliphatic rings. The maximum atomic E-state index is 13.2. The van der Waals surface area contributed by atoms with Gasteiger partial charge in [0, 0.05) is 31.6 Å². The van der Waals surface area contributed by atoms with Crippen LogP contribution in [0.15, 0.2) is 18.2 Å². The van der Waals surface area contributed by atoms with Gasteiger partial charge in [-0.25, -0.2) is 9.37 Å². The molecule has 0 radical (unpaired) electrons. The van der Waals surface area contributed by atoms with Gasteiger partial charge in [-0.1, -0.05) is 25.4 Å². The summed E-state index contributed by atoms with van der Waals surface area (Å²) >= 11 is 6.01. The highest BCUT2D eigenvalue weighted by Crippen LogP contribution is 2.26. The average Bonchev–Trinajstić information content (AvgIpc) is 2.83. The van der Waals surface area contributed by atoms with Gasteiger partial charge >= 0.3 is 0 Å². The zero-order valence-corrected chi connectivity index (χ0v) is 14.2. The number of fused-ring (bicyclic) bond motifs is 1. The van der Waals surface area contributed by atoms with Crippen molar-refractivity contribution in [2.75, 3.05) is 6.54 Å². The summed E-state index contributed by atoms with van der Waals surface area (Å²) in [5, 5.41) is 0.143. The van der Waals surface area contributed by atoms with Crippen LogP contribution in [-0.4, -0.2) is 26.9 Å². The van der Waals surface area contributed by atoms with Gasteiger partial charge in [-0.2, -0.15) is 0 Å². The molecule has 3 rings (SSSR count). The lowest BCUT2D eigenvalue weighted by atomic mass is 10.1. The minimum absolute atomic E-state index is 0.143. The zero-order chi connectivity index (χ0) is 16.7. The standard InChI is InChI=1S/C17H19ClFN3O/c1-10(2)16-20-14-9-22(7-6-15(14)21(16)3)17(23)12-5-4-11(19)8-13(12)18/h4-5,8,10H,6-7,9H2,1-3H3. The molecule has 0 saturated heterocycles. The van der Waals surface area contributed by atoms with Crippen LogP contribution in [0.5, 0.6) is 0 Å². The van der Waals surface area contributed by atoms with Gasteiger partial charge in [-0.05, 0) is 18.2 Å². The van der Waals surface area contributed by atoms with Gasteiger partial charge in [0.05, 0.1) is 22.8 Å². The number of carbonyl (C=O) groups is 1. The maximum absolute atomic E-state index is 13.2. The summed E-state index contributed by atoms with van der Waals surface area (Å²) in [4.78, 5) is 19.1. The first-order chi connectivity index (χ1) is 10.9. The minimum Gasteiger partial charge on any atom is -0.334 e. The largest absolute Gasteiger partial charge is 0.334 e. The predicted molar refractivity (Wildman–Crippen MR) is 87.2 cm³/mol. The highest BCUT2D eigenvalue weighted by Gasteiger charge is 2.27. The summed E-state index contributed by atoms with van der Waals surface area (Å²) < 4.78 is 15.3. The number of amides is 1. The van der Waals surface area contributed by atoms with Crippen LogP contribution in [0.1, 0.15) is 47.3 Å². The van der Waals surface area contributed by atoms with Crippen LogP contribution in [-0.2, 0) is 20.0 Å². The average molecular weight is 336 g/mol. The smallest absolute Gasteiger partial charge is 0.255 e. The summed E-state index contributed by atoms with van der Waals surface area (Å²) in [5.41, 5.74) is 2.45. The molecule has 0 unspecified atom stereocenters. The van der Waals surface area contributed by atoms with Gasteiger partial charge < -0.3 is 9.47 Å². The third-order valence-corrected chi connectivity index (χ3v) is 4.57. The second-order valence-electron chi connectivity index (χ2n) is 6.18. The SMILES string of the molecule is CC(C)c1nc2c(n1C)CCN(C(=O)c1ccc(F)cc1Cl)C2. The Hall–Kier alpha value is -1.88. The number of benzene rings is 1. The van der Waals surface area contributed by atoms with E-state index in [1.807, 2.05) is 7.05 Å². The molecular weight excluding hydrogens is 317 g/mol. The third kappa shape index (κ3) is 2.85. The quantitative estimate of drug-likeness (QED) is 0.842. The van der Waals surface area contributed by atoms with E-state index < -0.39 is 5.82 Å². The molecule has 2 heterocycles. The molecule has 1 aromatic carbocycles. The zero-order valence-electron chi connectivity index (χ0n) is 13.4. The summed E-state index contributed by atoms with van der Waals surface area (Å²) in [5.74, 6) is 0.738. The van der Waals surface area contributed by atoms with Crippen LogP contribution in [0.3, 0.4) is 0 Å². The molecule has 2 aromatic rings. The lowest BCUT2D eigenvalue weighted by Gasteiger charge is -2.27. The van der Waals surface area contributed by atoms with E-state index >= 15 is 0 Å². The first kappa shape index (κ1) is 16.0. The molecule has 122 valence electrons. The van der Waals surface area contributed by atoms with E-state index in [1.54, 1.807) is 4.90 Å². The Morgan fingerprint density at radius 1 is 1.39 bits per heavy atom. The van der Waals surface area contributed by atoms with E-state index in [-0.39, 0.29) is 10.9 Å². The van der Waals surface area contributed by atoms with Gasteiger partial charge in [0.2, 0.25) is 0 Å². The molecule has 1 amide bonds. The van der Waals surface area contributed by atoms with E-state index in [0.717, 1.165) is 17.9 Å². The van der Waals surface area contributed by atoms with E-state index in [2.05, 4.69) is 23.4 Å². The number of imidazole rings is 1. The molecule has 4 nitrogen and oxygen atoms in total. The van der Waals surface area contributed by atoms with Crippen LogP contribution in [0, 0.1) is 5.82 Å². The van der Waals surface area contributed by atoms with Gasteiger partial charge in [0.25, 0.3) is 5.91 Å². The van der Waals surface area contributed by atoms with Crippen LogP contribution >= 0.6 is 11.6 Å². The van der Waals surface area contributed by atoms with Crippen molar-refractivity contribution in [3.8, 4) is 0 Å². The normalized spacial score (nSPS) is 14.3. The predicted octanol–water partition coefficient (Wildman–Crippen LogP) is 3.53. The number of aromatic nitrogens is 2. The highest BCUT2D eigenvalue weighted by atomic mass is 35.5. The van der Waals surface area contributed by atoms with Crippen LogP contribution in [0.2, 0.25) is 5.02 Å². The number of carbonyl (C=O) groups excluding carboxylic acids is 1. The first-order valence-electron chi connectivity index (χ1n) is 7.67. The van der Waals surface area contributed by atoms with Crippen molar-refractivity contribution in [3.63, 3.8) is 0 Å². The van der Waals surface area contributed by atoms with Gasteiger partial charge in [-0.3, -0.25) is 4.79 Å². The molecule has 0 saturated carbocycles. The Bertz CT molecular complexity index is 769. The van der Waals surface area contributed by atoms with Crippen molar-refractivity contribution in [2.45, 2.75) is 32.7 Å². The molecule has 0 fully saturated rings. The number of hydrogen-bond donors (Lipinski definition) is 0. The molecule has 23 heavy (non-hydrogen) atoms. The lowest BCUT2D eigenvalue weighted by Crippen LogP contribution is -2.36. The Morgan fingerprint density at radius 3 is 2.78 bits per heavy atom. The molecule has 0 spiro atoms. The number of halogens is 2. The third-order valence-electron chi connectivity index (χ3n) is 4.26. The fourth-order valence-electron chi connectivity index (χ4n) is 3.07. The maximum Gasteiger partial charge on any atom is 0.255 e. The highest BCUT2D eigenvalue weighted by molar-refractivity contribution is 6.33. The molecule has 0 aliphatic carbocycles. The lowest BCUT2D eigenvalue weighted by molar-refractivity contribution is 0.0731. The van der Waals surface area contributed by atoms with Crippen molar-refractivity contribution in [1.29, 1.82) is 0 Å². The van der Waals surface area contributed by atoms with Crippen molar-refractivity contribution < 1.29 is 9.18 Å². The second-order valence-corrected chi connectivity index (χ2v) is 6.59. The van der Waals surface area contributed by atoms with Crippen molar-refractivity contribution in [2.24, 2.45) is 7.05 Å². The van der Waals surface area contributed by atoms with Crippen LogP contribution in [0.4, 0.5) is 4.39 Å². The van der Waals surface area contributed by atoms with Crippen LogP contribution in [0.25, 0.3) is 0 Å². The van der Waals surface area contributed by atoms with Gasteiger partial charge in [0.1, 0.15) is 11.6 Å². The number of rotatable bonds is 2. The van der Waals surface area contributed by atoms with E-state index in [9.17, 15) is 9.18 Å². The second kappa shape index (κ2) is 5.96. The Morgan fingerprint density at radius 2 is 2.13 bits per heavy atom. The van der Waals surface area contributed by atoms with Crippen molar-refractivity contribution >= 4 is 17.5 Å². The molecule has 1 aliphatic heterocycles. The first-order valence-corrected chi connectivity index (χ1v) is 8.05. The van der Waals surface area contributed by atoms with E-state index in [0.29, 0.717) is 24.6 Å². The fraction of sp³-hybridized carbons (Fsp3) is 0.412. The number of hydrogen-bond acceptors (Lipinski definition) is 2. The molecule has 0 atom stereocenters. The molecule has 1 aromatic heterocycles. The van der Waals surface area contributed by atoms with Crippen molar-refractivity contribution in [1.82, 2.24) is 14.5 Å².